The van der Waals surface area contributed by atoms with Crippen LogP contribution < -0.4 is 0 Å². The van der Waals surface area contributed by atoms with E-state index < -0.39 is 0 Å². The molecule has 2 heterocycles. The van der Waals surface area contributed by atoms with Gasteiger partial charge in [-0.05, 0) is 53.7 Å². The third kappa shape index (κ3) is 4.21. The van der Waals surface area contributed by atoms with Crippen LogP contribution in [0.15, 0.2) is 72.5 Å². The second-order valence-corrected chi connectivity index (χ2v) is 8.29. The van der Waals surface area contributed by atoms with Crippen LogP contribution in [0.1, 0.15) is 25.0 Å². The van der Waals surface area contributed by atoms with Crippen molar-refractivity contribution in [3.05, 3.63) is 89.7 Å². The van der Waals surface area contributed by atoms with Crippen molar-refractivity contribution in [1.82, 2.24) is 9.55 Å². The van der Waals surface area contributed by atoms with Gasteiger partial charge in [0, 0.05) is 44.1 Å². The molecule has 1 N–H and O–H groups in total. The number of nitrogens with zero attached hydrogens (tertiary/aromatic N) is 2. The van der Waals surface area contributed by atoms with Gasteiger partial charge in [0.05, 0.1) is 11.3 Å². The normalized spacial score (nSPS) is 12.0. The van der Waals surface area contributed by atoms with E-state index in [0.29, 0.717) is 0 Å². The van der Waals surface area contributed by atoms with Gasteiger partial charge < -0.3 is 9.67 Å². The number of carbonyl (C=O) groups excluding carboxylic acids is 1. The topological polar surface area (TPSA) is 55.1 Å². The number of aromatic nitrogens is 2. The molecule has 0 atom stereocenters. The molecule has 1 aliphatic rings. The van der Waals surface area contributed by atoms with Crippen LogP contribution in [0.3, 0.4) is 0 Å². The predicted molar refractivity (Wildman–Crippen MR) is 136 cm³/mol. The van der Waals surface area contributed by atoms with Crippen molar-refractivity contribution in [3.63, 3.8) is 0 Å². The van der Waals surface area contributed by atoms with Gasteiger partial charge in [0.1, 0.15) is 0 Å². The number of rotatable bonds is 2. The number of aliphatic hydroxyl groups is 1. The van der Waals surface area contributed by atoms with E-state index in [-0.39, 0.29) is 31.6 Å². The van der Waals surface area contributed by atoms with Crippen molar-refractivity contribution in [2.24, 2.45) is 7.05 Å². The molecule has 0 saturated heterocycles. The number of pyridine rings is 1. The summed E-state index contributed by atoms with van der Waals surface area (Å²) in [6.07, 6.45) is 5.51. The van der Waals surface area contributed by atoms with Gasteiger partial charge in [0.2, 0.25) is 0 Å². The summed E-state index contributed by atoms with van der Waals surface area (Å²) < 4.78 is 2.23. The Kier molecular flexibility index (Phi) is 6.51. The number of aryl methyl sites for hydroxylation is 1. The van der Waals surface area contributed by atoms with E-state index in [1.54, 1.807) is 0 Å². The smallest absolute Gasteiger partial charge is 0.155 e. The number of ketones is 1. The van der Waals surface area contributed by atoms with Crippen LogP contribution in [-0.4, -0.2) is 20.4 Å². The second kappa shape index (κ2) is 9.38. The molecule has 5 heteroatoms. The molecule has 0 fully saturated rings. The molecule has 0 saturated carbocycles. The quantitative estimate of drug-likeness (QED) is 0.130. The molecule has 3 aromatic carbocycles. The summed E-state index contributed by atoms with van der Waals surface area (Å²) in [6.45, 7) is 2.85. The van der Waals surface area contributed by atoms with Gasteiger partial charge >= 0.3 is 0 Å². The van der Waals surface area contributed by atoms with Crippen LogP contribution in [0.5, 0.6) is 0 Å². The molecule has 1 radical (unpaired) electrons. The first kappa shape index (κ1) is 23.6. The Morgan fingerprint density at radius 1 is 0.971 bits per heavy atom. The van der Waals surface area contributed by atoms with Gasteiger partial charge in [-0.3, -0.25) is 9.78 Å². The molecule has 0 unspecified atom stereocenters. The first-order valence-electron chi connectivity index (χ1n) is 10.8. The number of fused-ring (bicyclic) bond motifs is 3. The Morgan fingerprint density at radius 3 is 2.47 bits per heavy atom. The van der Waals surface area contributed by atoms with Crippen LogP contribution in [0.2, 0.25) is 0 Å². The number of para-hydroxylation sites is 1. The first-order chi connectivity index (χ1) is 15.9. The minimum atomic E-state index is -0.125. The summed E-state index contributed by atoms with van der Waals surface area (Å²) >= 11 is 0. The summed E-state index contributed by atoms with van der Waals surface area (Å²) in [5.41, 5.74) is 8.00. The van der Waals surface area contributed by atoms with Gasteiger partial charge in [-0.1, -0.05) is 53.9 Å². The van der Waals surface area contributed by atoms with E-state index in [1.165, 1.54) is 58.2 Å². The Balaban J connectivity index is 0.000000303. The zero-order valence-corrected chi connectivity index (χ0v) is 21.5. The zero-order chi connectivity index (χ0) is 23.1. The van der Waals surface area contributed by atoms with Gasteiger partial charge in [-0.15, -0.1) is 23.8 Å². The van der Waals surface area contributed by atoms with Crippen LogP contribution in [0.25, 0.3) is 56.1 Å². The molecule has 6 rings (SSSR count). The third-order valence-corrected chi connectivity index (χ3v) is 5.87. The van der Waals surface area contributed by atoms with Crippen molar-refractivity contribution in [2.45, 2.75) is 13.8 Å². The molecule has 1 aliphatic carbocycles. The third-order valence-electron chi connectivity index (χ3n) is 5.87. The fourth-order valence-electron chi connectivity index (χ4n) is 4.48. The van der Waals surface area contributed by atoms with Crippen molar-refractivity contribution in [1.29, 1.82) is 0 Å². The summed E-state index contributed by atoms with van der Waals surface area (Å²) in [6, 6.07) is 24.8. The van der Waals surface area contributed by atoms with Crippen LogP contribution in [-0.2, 0) is 31.9 Å². The second-order valence-electron chi connectivity index (χ2n) is 8.29. The summed E-state index contributed by atoms with van der Waals surface area (Å²) in [5.74, 6) is -0.0625. The molecule has 2 aromatic heterocycles. The standard InChI is InChI=1S/C24H15N2.C5H8O2.Ir/c1-26-22-8-3-2-6-18(22)19-13-16(11-12-23(19)26)21-14-17-10-9-15-5-4-7-20(25-21)24(15)17;1-4(6)3-5(2)7;/h2-10,12-14H,1H3;3,6H,1-2H3;/q-1;;/b;4-3-;. The Bertz CT molecular complexity index is 1620. The molecule has 5 aromatic rings. The zero-order valence-electron chi connectivity index (χ0n) is 19.1. The molecule has 0 bridgehead atoms. The molecule has 0 amide bonds. The Hall–Kier alpha value is -3.53. The molecule has 0 aliphatic heterocycles. The van der Waals surface area contributed by atoms with E-state index in [1.807, 2.05) is 0 Å². The fraction of sp³-hybridized carbons (Fsp3) is 0.103. The molecular formula is C29H23IrN2O2-. The predicted octanol–water partition coefficient (Wildman–Crippen LogP) is 6.87. The van der Waals surface area contributed by atoms with Crippen molar-refractivity contribution >= 4 is 50.6 Å². The fourth-order valence-corrected chi connectivity index (χ4v) is 4.48. The molecular weight excluding hydrogens is 601 g/mol. The van der Waals surface area contributed by atoms with Gasteiger partial charge in [-0.2, -0.15) is 0 Å². The molecule has 34 heavy (non-hydrogen) atoms. The van der Waals surface area contributed by atoms with Crippen molar-refractivity contribution in [3.8, 4) is 11.3 Å². The summed E-state index contributed by atoms with van der Waals surface area (Å²) in [4.78, 5) is 14.9. The van der Waals surface area contributed by atoms with Crippen LogP contribution in [0, 0.1) is 6.07 Å². The minimum absolute atomic E-state index is 0. The number of hydrogen-bond donors (Lipinski definition) is 1. The number of aliphatic hydroxyl groups excluding tert-OH is 1. The largest absolute Gasteiger partial charge is 0.512 e. The van der Waals surface area contributed by atoms with E-state index in [0.717, 1.165) is 16.8 Å². The number of benzene rings is 3. The number of carbonyl (C=O) groups is 1. The van der Waals surface area contributed by atoms with E-state index in [9.17, 15) is 4.79 Å². The maximum Gasteiger partial charge on any atom is 0.155 e. The summed E-state index contributed by atoms with van der Waals surface area (Å²) in [5, 5.41) is 12.1. The molecule has 171 valence electrons. The maximum atomic E-state index is 10.0. The van der Waals surface area contributed by atoms with Crippen molar-refractivity contribution in [2.75, 3.05) is 0 Å². The van der Waals surface area contributed by atoms with E-state index >= 15 is 0 Å². The van der Waals surface area contributed by atoms with Gasteiger partial charge in [-0.25, -0.2) is 0 Å². The average Bonchev–Trinajstić information content (AvgIpc) is 3.34. The first-order valence-corrected chi connectivity index (χ1v) is 10.8. The number of hydrogen-bond acceptors (Lipinski definition) is 3. The van der Waals surface area contributed by atoms with Gasteiger partial charge in [0.25, 0.3) is 0 Å². The monoisotopic (exact) mass is 624 g/mol. The molecule has 0 spiro atoms. The van der Waals surface area contributed by atoms with Crippen LogP contribution in [0.4, 0.5) is 0 Å². The Morgan fingerprint density at radius 2 is 1.74 bits per heavy atom. The average molecular weight is 624 g/mol. The molecule has 4 nitrogen and oxygen atoms in total. The van der Waals surface area contributed by atoms with E-state index in [2.05, 4.69) is 90.5 Å². The van der Waals surface area contributed by atoms with Crippen LogP contribution >= 0.6 is 0 Å². The maximum absolute atomic E-state index is 10.0. The van der Waals surface area contributed by atoms with Gasteiger partial charge in [0.15, 0.2) is 5.78 Å². The Labute approximate surface area is 211 Å². The summed E-state index contributed by atoms with van der Waals surface area (Å²) in [7, 11) is 2.11. The number of allylic oxidation sites excluding steroid dienone is 2. The SMILES string of the molecule is CC(=O)/C=C(/C)O.Cn1c2c[c-]c(-c3cc4c5c(cccc5n3)C=C4)cc2c2ccccc21.[Ir]. The van der Waals surface area contributed by atoms with E-state index in [4.69, 9.17) is 10.1 Å². The van der Waals surface area contributed by atoms with Crippen molar-refractivity contribution < 1.29 is 30.0 Å². The minimum Gasteiger partial charge on any atom is -0.512 e.